The van der Waals surface area contributed by atoms with E-state index in [1.165, 1.54) is 0 Å². The molecule has 2 aliphatic rings. The van der Waals surface area contributed by atoms with Gasteiger partial charge in [-0.2, -0.15) is 0 Å². The summed E-state index contributed by atoms with van der Waals surface area (Å²) >= 11 is 0. The molecular formula is C26H30N2O5. The van der Waals surface area contributed by atoms with Crippen molar-refractivity contribution < 1.29 is 24.2 Å². The maximum Gasteiger partial charge on any atom is 0.407 e. The number of alkyl carbamates (subject to hydrolysis) is 1. The first kappa shape index (κ1) is 22.8. The Bertz CT molecular complexity index is 987. The minimum Gasteiger partial charge on any atom is -0.480 e. The van der Waals surface area contributed by atoms with Crippen LogP contribution in [0.1, 0.15) is 56.1 Å². The van der Waals surface area contributed by atoms with Gasteiger partial charge in [0.2, 0.25) is 5.91 Å². The minimum atomic E-state index is -1.07. The maximum absolute atomic E-state index is 12.8. The molecule has 174 valence electrons. The second-order valence-corrected chi connectivity index (χ2v) is 8.83. The highest BCUT2D eigenvalue weighted by atomic mass is 16.5. The Hall–Kier alpha value is -3.35. The smallest absolute Gasteiger partial charge is 0.407 e. The second-order valence-electron chi connectivity index (χ2n) is 8.83. The zero-order valence-electron chi connectivity index (χ0n) is 18.8. The molecule has 4 rings (SSSR count). The van der Waals surface area contributed by atoms with E-state index < -0.39 is 30.1 Å². The fraction of sp³-hybridized carbons (Fsp3) is 0.423. The predicted octanol–water partition coefficient (Wildman–Crippen LogP) is 4.06. The van der Waals surface area contributed by atoms with E-state index in [0.29, 0.717) is 12.8 Å². The number of aliphatic carboxylic acids is 1. The van der Waals surface area contributed by atoms with Gasteiger partial charge in [-0.05, 0) is 47.4 Å². The summed E-state index contributed by atoms with van der Waals surface area (Å²) in [5.41, 5.74) is 4.52. The molecule has 1 fully saturated rings. The Labute approximate surface area is 193 Å². The molecule has 7 nitrogen and oxygen atoms in total. The highest BCUT2D eigenvalue weighted by Crippen LogP contribution is 2.44. The lowest BCUT2D eigenvalue weighted by molar-refractivity contribution is -0.142. The highest BCUT2D eigenvalue weighted by Gasteiger charge is 2.36. The number of ether oxygens (including phenoxy) is 1. The van der Waals surface area contributed by atoms with Gasteiger partial charge in [-0.3, -0.25) is 4.79 Å². The fourth-order valence-corrected chi connectivity index (χ4v) is 4.75. The molecule has 2 aromatic rings. The van der Waals surface area contributed by atoms with Gasteiger partial charge in [-0.15, -0.1) is 0 Å². The van der Waals surface area contributed by atoms with Crippen LogP contribution in [0.5, 0.6) is 0 Å². The minimum absolute atomic E-state index is 0.0125. The third kappa shape index (κ3) is 4.87. The van der Waals surface area contributed by atoms with E-state index >= 15 is 0 Å². The molecule has 0 spiro atoms. The number of carboxylic acid groups (broad SMARTS) is 1. The zero-order valence-corrected chi connectivity index (χ0v) is 18.8. The van der Waals surface area contributed by atoms with Gasteiger partial charge in [-0.25, -0.2) is 9.59 Å². The van der Waals surface area contributed by atoms with Gasteiger partial charge in [0.15, 0.2) is 0 Å². The number of hydrogen-bond donors (Lipinski definition) is 3. The molecular weight excluding hydrogens is 420 g/mol. The van der Waals surface area contributed by atoms with E-state index in [0.717, 1.165) is 41.5 Å². The van der Waals surface area contributed by atoms with Crippen molar-refractivity contribution >= 4 is 18.0 Å². The standard InChI is InChI=1S/C26H30N2O5/c1-2-8-22(25(30)31)27-24(29)23(16-9-7-10-16)28-26(32)33-15-21-19-13-5-3-11-17(19)18-12-4-6-14-20(18)21/h3-6,11-14,16,21-23H,2,7-10,15H2,1H3,(H,27,29)(H,28,32)(H,30,31)/t22-,23?/m0/s1. The molecule has 0 aliphatic heterocycles. The first-order valence-corrected chi connectivity index (χ1v) is 11.6. The summed E-state index contributed by atoms with van der Waals surface area (Å²) in [5.74, 6) is -1.62. The molecule has 0 heterocycles. The van der Waals surface area contributed by atoms with Crippen molar-refractivity contribution in [2.75, 3.05) is 6.61 Å². The van der Waals surface area contributed by atoms with Gasteiger partial charge in [0, 0.05) is 5.92 Å². The lowest BCUT2D eigenvalue weighted by atomic mass is 9.79. The molecule has 0 radical (unpaired) electrons. The Morgan fingerprint density at radius 3 is 2.12 bits per heavy atom. The van der Waals surface area contributed by atoms with Gasteiger partial charge in [0.05, 0.1) is 0 Å². The summed E-state index contributed by atoms with van der Waals surface area (Å²) in [4.78, 5) is 37.0. The summed E-state index contributed by atoms with van der Waals surface area (Å²) in [6, 6.07) is 14.4. The monoisotopic (exact) mass is 450 g/mol. The Morgan fingerprint density at radius 1 is 1.00 bits per heavy atom. The van der Waals surface area contributed by atoms with Gasteiger partial charge in [0.25, 0.3) is 0 Å². The molecule has 7 heteroatoms. The number of benzene rings is 2. The third-order valence-corrected chi connectivity index (χ3v) is 6.71. The van der Waals surface area contributed by atoms with E-state index in [-0.39, 0.29) is 18.4 Å². The fourth-order valence-electron chi connectivity index (χ4n) is 4.75. The molecule has 0 aromatic heterocycles. The van der Waals surface area contributed by atoms with Crippen LogP contribution in [0.3, 0.4) is 0 Å². The quantitative estimate of drug-likeness (QED) is 0.534. The van der Waals surface area contributed by atoms with Crippen LogP contribution in [-0.2, 0) is 14.3 Å². The largest absolute Gasteiger partial charge is 0.480 e. The van der Waals surface area contributed by atoms with Crippen LogP contribution in [0.2, 0.25) is 0 Å². The van der Waals surface area contributed by atoms with E-state index in [1.54, 1.807) is 0 Å². The van der Waals surface area contributed by atoms with Crippen molar-refractivity contribution in [3.05, 3.63) is 59.7 Å². The van der Waals surface area contributed by atoms with Gasteiger partial charge in [-0.1, -0.05) is 68.3 Å². The first-order chi connectivity index (χ1) is 16.0. The third-order valence-electron chi connectivity index (χ3n) is 6.71. The summed E-state index contributed by atoms with van der Waals surface area (Å²) in [7, 11) is 0. The van der Waals surface area contributed by atoms with Crippen LogP contribution in [0.4, 0.5) is 4.79 Å². The van der Waals surface area contributed by atoms with Crippen LogP contribution < -0.4 is 10.6 Å². The summed E-state index contributed by atoms with van der Waals surface area (Å²) < 4.78 is 5.59. The van der Waals surface area contributed by atoms with Crippen molar-refractivity contribution in [2.24, 2.45) is 5.92 Å². The Kier molecular flexibility index (Phi) is 6.96. The van der Waals surface area contributed by atoms with E-state index in [9.17, 15) is 19.5 Å². The molecule has 2 atom stereocenters. The average molecular weight is 451 g/mol. The van der Waals surface area contributed by atoms with Crippen LogP contribution in [0, 0.1) is 5.92 Å². The number of rotatable bonds is 9. The number of amides is 2. The number of carbonyl (C=O) groups is 3. The van der Waals surface area contributed by atoms with Crippen LogP contribution in [-0.4, -0.2) is 41.8 Å². The van der Waals surface area contributed by atoms with E-state index in [1.807, 2.05) is 43.3 Å². The Balaban J connectivity index is 1.41. The first-order valence-electron chi connectivity index (χ1n) is 11.6. The molecule has 33 heavy (non-hydrogen) atoms. The highest BCUT2D eigenvalue weighted by molar-refractivity contribution is 5.89. The molecule has 0 bridgehead atoms. The SMILES string of the molecule is CCC[C@H](NC(=O)C(NC(=O)OCC1c2ccccc2-c2ccccc21)C1CCC1)C(=O)O. The summed E-state index contributed by atoms with van der Waals surface area (Å²) in [6.45, 7) is 2.02. The van der Waals surface area contributed by atoms with Crippen molar-refractivity contribution in [3.63, 3.8) is 0 Å². The van der Waals surface area contributed by atoms with Gasteiger partial charge in [0.1, 0.15) is 18.7 Å². The van der Waals surface area contributed by atoms with E-state index in [4.69, 9.17) is 4.74 Å². The lowest BCUT2D eigenvalue weighted by Crippen LogP contribution is -2.55. The molecule has 1 unspecified atom stereocenters. The van der Waals surface area contributed by atoms with Crippen molar-refractivity contribution in [1.29, 1.82) is 0 Å². The van der Waals surface area contributed by atoms with E-state index in [2.05, 4.69) is 22.8 Å². The van der Waals surface area contributed by atoms with Crippen LogP contribution in [0.25, 0.3) is 11.1 Å². The molecule has 2 amide bonds. The van der Waals surface area contributed by atoms with Gasteiger partial charge < -0.3 is 20.5 Å². The number of fused-ring (bicyclic) bond motifs is 3. The lowest BCUT2D eigenvalue weighted by Gasteiger charge is -2.33. The zero-order chi connectivity index (χ0) is 23.4. The molecule has 0 saturated heterocycles. The van der Waals surface area contributed by atoms with Crippen molar-refractivity contribution in [2.45, 2.75) is 57.0 Å². The van der Waals surface area contributed by atoms with Crippen molar-refractivity contribution in [1.82, 2.24) is 10.6 Å². The van der Waals surface area contributed by atoms with Crippen LogP contribution in [0.15, 0.2) is 48.5 Å². The Morgan fingerprint density at radius 2 is 1.61 bits per heavy atom. The average Bonchev–Trinajstić information content (AvgIpc) is 3.09. The maximum atomic E-state index is 12.8. The molecule has 1 saturated carbocycles. The number of nitrogens with one attached hydrogen (secondary N) is 2. The predicted molar refractivity (Wildman–Crippen MR) is 124 cm³/mol. The number of carboxylic acids is 1. The van der Waals surface area contributed by atoms with Crippen LogP contribution >= 0.6 is 0 Å². The number of carbonyl (C=O) groups excluding carboxylic acids is 2. The van der Waals surface area contributed by atoms with Crippen molar-refractivity contribution in [3.8, 4) is 11.1 Å². The topological polar surface area (TPSA) is 105 Å². The molecule has 2 aliphatic carbocycles. The van der Waals surface area contributed by atoms with Gasteiger partial charge >= 0.3 is 12.1 Å². The molecule has 3 N–H and O–H groups in total. The normalized spacial score (nSPS) is 16.6. The number of hydrogen-bond acceptors (Lipinski definition) is 4. The summed E-state index contributed by atoms with van der Waals surface area (Å²) in [5, 5.41) is 14.7. The molecule has 2 aromatic carbocycles. The second kappa shape index (κ2) is 10.1. The summed E-state index contributed by atoms with van der Waals surface area (Å²) in [6.07, 6.45) is 2.92.